The normalized spacial score (nSPS) is 23.9. The van der Waals surface area contributed by atoms with Crippen molar-refractivity contribution in [2.45, 2.75) is 30.1 Å². The summed E-state index contributed by atoms with van der Waals surface area (Å²) >= 11 is 0. The molecule has 122 valence electrons. The van der Waals surface area contributed by atoms with E-state index in [0.29, 0.717) is 32.0 Å². The van der Waals surface area contributed by atoms with E-state index in [2.05, 4.69) is 10.2 Å². The number of ether oxygens (including phenoxy) is 1. The third-order valence-corrected chi connectivity index (χ3v) is 5.63. The first-order valence-corrected chi connectivity index (χ1v) is 9.46. The van der Waals surface area contributed by atoms with Crippen LogP contribution in [0.5, 0.6) is 0 Å². The van der Waals surface area contributed by atoms with E-state index in [4.69, 9.17) is 4.74 Å². The number of hydrogen-bond acceptors (Lipinski definition) is 5. The van der Waals surface area contributed by atoms with Gasteiger partial charge in [0.15, 0.2) is 9.84 Å². The van der Waals surface area contributed by atoms with Crippen LogP contribution >= 0.6 is 0 Å². The molecule has 0 radical (unpaired) electrons. The van der Waals surface area contributed by atoms with Gasteiger partial charge >= 0.3 is 0 Å². The van der Waals surface area contributed by atoms with E-state index in [9.17, 15) is 13.2 Å². The zero-order valence-corrected chi connectivity index (χ0v) is 13.4. The summed E-state index contributed by atoms with van der Waals surface area (Å²) in [6, 6.07) is 0. The Morgan fingerprint density at radius 2 is 2.09 bits per heavy atom. The minimum absolute atomic E-state index is 0.0102. The van der Waals surface area contributed by atoms with Gasteiger partial charge in [-0.1, -0.05) is 0 Å². The van der Waals surface area contributed by atoms with Crippen molar-refractivity contribution in [3.8, 4) is 0 Å². The molecule has 2 saturated heterocycles. The van der Waals surface area contributed by atoms with Gasteiger partial charge in [-0.15, -0.1) is 0 Å². The summed E-state index contributed by atoms with van der Waals surface area (Å²) in [4.78, 5) is 14.6. The molecular formula is C14H21N3O4S. The maximum Gasteiger partial charge on any atom is 0.225 e. The largest absolute Gasteiger partial charge is 0.381 e. The number of aromatic nitrogens is 2. The summed E-state index contributed by atoms with van der Waals surface area (Å²) in [5, 5.41) is 6.67. The van der Waals surface area contributed by atoms with Crippen LogP contribution in [0.2, 0.25) is 0 Å². The van der Waals surface area contributed by atoms with Crippen LogP contribution < -0.4 is 0 Å². The molecule has 2 fully saturated rings. The van der Waals surface area contributed by atoms with Gasteiger partial charge in [0.1, 0.15) is 4.90 Å². The highest BCUT2D eigenvalue weighted by molar-refractivity contribution is 7.90. The summed E-state index contributed by atoms with van der Waals surface area (Å²) in [6.07, 6.45) is 4.85. The minimum Gasteiger partial charge on any atom is -0.381 e. The van der Waals surface area contributed by atoms with Crippen molar-refractivity contribution in [3.05, 3.63) is 11.9 Å². The van der Waals surface area contributed by atoms with Crippen LogP contribution in [0.25, 0.3) is 0 Å². The number of amides is 1. The summed E-state index contributed by atoms with van der Waals surface area (Å²) in [7, 11) is -3.30. The fraction of sp³-hybridized carbons (Fsp3) is 0.714. The molecule has 8 heteroatoms. The topological polar surface area (TPSA) is 92.4 Å². The second-order valence-electron chi connectivity index (χ2n) is 6.08. The molecular weight excluding hydrogens is 306 g/mol. The minimum atomic E-state index is -3.30. The second-order valence-corrected chi connectivity index (χ2v) is 8.06. The average molecular weight is 327 g/mol. The van der Waals surface area contributed by atoms with Crippen molar-refractivity contribution >= 4 is 15.7 Å². The molecule has 1 amide bonds. The van der Waals surface area contributed by atoms with E-state index in [-0.39, 0.29) is 22.6 Å². The van der Waals surface area contributed by atoms with Gasteiger partial charge in [-0.3, -0.25) is 9.89 Å². The molecule has 1 unspecified atom stereocenters. The number of sulfone groups is 1. The Kier molecular flexibility index (Phi) is 4.22. The van der Waals surface area contributed by atoms with Gasteiger partial charge in [0.2, 0.25) is 5.91 Å². The highest BCUT2D eigenvalue weighted by Crippen LogP contribution is 2.31. The molecule has 1 aromatic heterocycles. The molecule has 1 N–H and O–H groups in total. The van der Waals surface area contributed by atoms with Gasteiger partial charge in [0, 0.05) is 44.4 Å². The molecule has 22 heavy (non-hydrogen) atoms. The quantitative estimate of drug-likeness (QED) is 0.875. The number of H-pyrrole nitrogens is 1. The van der Waals surface area contributed by atoms with Crippen LogP contribution in [0.15, 0.2) is 11.1 Å². The van der Waals surface area contributed by atoms with Gasteiger partial charge in [-0.05, 0) is 19.3 Å². The smallest absolute Gasteiger partial charge is 0.225 e. The van der Waals surface area contributed by atoms with Crippen LogP contribution in [0.4, 0.5) is 0 Å². The zero-order valence-electron chi connectivity index (χ0n) is 12.6. The molecule has 0 bridgehead atoms. The highest BCUT2D eigenvalue weighted by Gasteiger charge is 2.34. The van der Waals surface area contributed by atoms with E-state index in [0.717, 1.165) is 19.3 Å². The number of aromatic amines is 1. The van der Waals surface area contributed by atoms with Crippen molar-refractivity contribution in [1.29, 1.82) is 0 Å². The third-order valence-electron chi connectivity index (χ3n) is 4.51. The Morgan fingerprint density at radius 1 is 1.36 bits per heavy atom. The second kappa shape index (κ2) is 6.00. The zero-order chi connectivity index (χ0) is 15.7. The van der Waals surface area contributed by atoms with E-state index < -0.39 is 9.84 Å². The van der Waals surface area contributed by atoms with Crippen LogP contribution in [0, 0.1) is 5.92 Å². The molecule has 0 spiro atoms. The molecule has 2 aliphatic heterocycles. The number of carbonyl (C=O) groups is 1. The Balaban J connectivity index is 1.70. The lowest BCUT2D eigenvalue weighted by atomic mass is 9.99. The maximum absolute atomic E-state index is 12.5. The lowest BCUT2D eigenvalue weighted by Crippen LogP contribution is -2.37. The summed E-state index contributed by atoms with van der Waals surface area (Å²) in [5.74, 6) is 0.228. The first-order chi connectivity index (χ1) is 10.5. The van der Waals surface area contributed by atoms with Gasteiger partial charge in [-0.25, -0.2) is 8.42 Å². The number of rotatable bonds is 3. The highest BCUT2D eigenvalue weighted by atomic mass is 32.2. The number of hydrogen-bond donors (Lipinski definition) is 1. The molecule has 0 aromatic carbocycles. The SMILES string of the molecule is CS(=O)(=O)c1cn[nH]c1C1CCN(C(=O)C2CCOCC2)C1. The van der Waals surface area contributed by atoms with Crippen LogP contribution in [0.1, 0.15) is 30.9 Å². The fourth-order valence-electron chi connectivity index (χ4n) is 3.27. The van der Waals surface area contributed by atoms with Crippen LogP contribution in [-0.2, 0) is 19.4 Å². The average Bonchev–Trinajstić information content (AvgIpc) is 3.15. The number of carbonyl (C=O) groups excluding carboxylic acids is 1. The van der Waals surface area contributed by atoms with Gasteiger partial charge in [0.05, 0.1) is 11.9 Å². The predicted molar refractivity (Wildman–Crippen MR) is 79.2 cm³/mol. The summed E-state index contributed by atoms with van der Waals surface area (Å²) < 4.78 is 28.9. The number of nitrogens with zero attached hydrogens (tertiary/aromatic N) is 2. The molecule has 1 aromatic rings. The summed E-state index contributed by atoms with van der Waals surface area (Å²) in [6.45, 7) is 2.52. The first-order valence-electron chi connectivity index (χ1n) is 7.56. The fourth-order valence-corrected chi connectivity index (χ4v) is 4.13. The first kappa shape index (κ1) is 15.5. The standard InChI is InChI=1S/C14H21N3O4S/c1-22(19,20)12-8-15-16-13(12)11-2-5-17(9-11)14(18)10-3-6-21-7-4-10/h8,10-11H,2-7,9H2,1H3,(H,15,16). The number of nitrogens with one attached hydrogen (secondary N) is 1. The van der Waals surface area contributed by atoms with Crippen molar-refractivity contribution < 1.29 is 17.9 Å². The Hall–Kier alpha value is -1.41. The van der Waals surface area contributed by atoms with Gasteiger partial charge < -0.3 is 9.64 Å². The van der Waals surface area contributed by atoms with E-state index >= 15 is 0 Å². The van der Waals surface area contributed by atoms with E-state index in [1.807, 2.05) is 4.90 Å². The Bertz CT molecular complexity index is 649. The van der Waals surface area contributed by atoms with Crippen molar-refractivity contribution in [3.63, 3.8) is 0 Å². The Labute approximate surface area is 129 Å². The van der Waals surface area contributed by atoms with Crippen LogP contribution in [-0.4, -0.2) is 62.0 Å². The molecule has 3 rings (SSSR count). The molecule has 3 heterocycles. The van der Waals surface area contributed by atoms with Crippen molar-refractivity contribution in [2.75, 3.05) is 32.6 Å². The monoisotopic (exact) mass is 327 g/mol. The van der Waals surface area contributed by atoms with Crippen LogP contribution in [0.3, 0.4) is 0 Å². The predicted octanol–water partition coefficient (Wildman–Crippen LogP) is 0.556. The summed E-state index contributed by atoms with van der Waals surface area (Å²) in [5.41, 5.74) is 0.629. The van der Waals surface area contributed by atoms with Gasteiger partial charge in [-0.2, -0.15) is 5.10 Å². The number of likely N-dealkylation sites (tertiary alicyclic amines) is 1. The maximum atomic E-state index is 12.5. The molecule has 1 atom stereocenters. The van der Waals surface area contributed by atoms with E-state index in [1.165, 1.54) is 12.5 Å². The molecule has 0 saturated carbocycles. The molecule has 0 aliphatic carbocycles. The van der Waals surface area contributed by atoms with E-state index in [1.54, 1.807) is 0 Å². The third kappa shape index (κ3) is 3.03. The Morgan fingerprint density at radius 3 is 2.77 bits per heavy atom. The lowest BCUT2D eigenvalue weighted by Gasteiger charge is -2.26. The van der Waals surface area contributed by atoms with Gasteiger partial charge in [0.25, 0.3) is 0 Å². The lowest BCUT2D eigenvalue weighted by molar-refractivity contribution is -0.137. The molecule has 7 nitrogen and oxygen atoms in total. The van der Waals surface area contributed by atoms with Crippen molar-refractivity contribution in [1.82, 2.24) is 15.1 Å². The molecule has 2 aliphatic rings. The van der Waals surface area contributed by atoms with Crippen molar-refractivity contribution in [2.24, 2.45) is 5.92 Å².